The van der Waals surface area contributed by atoms with Crippen LogP contribution in [0.5, 0.6) is 0 Å². The molecule has 0 aliphatic rings. The first kappa shape index (κ1) is 18.3. The molecule has 2 heterocycles. The van der Waals surface area contributed by atoms with Crippen LogP contribution in [0.1, 0.15) is 5.56 Å². The molecule has 0 saturated carbocycles. The van der Waals surface area contributed by atoms with E-state index in [4.69, 9.17) is 11.6 Å². The minimum absolute atomic E-state index is 0.395. The molecule has 0 spiro atoms. The van der Waals surface area contributed by atoms with Gasteiger partial charge in [-0.25, -0.2) is 9.36 Å². The normalized spacial score (nSPS) is 11.3. The van der Waals surface area contributed by atoms with E-state index in [0.29, 0.717) is 21.6 Å². The SMILES string of the molecule is Cc1ccc(-c2ccc3c(=O)n(-c4cncc5ccccc45)c(=O)[nH]c3c2)c(Cl)c1. The molecule has 1 N–H and O–H groups in total. The number of rotatable bonds is 2. The van der Waals surface area contributed by atoms with Crippen LogP contribution in [0.3, 0.4) is 0 Å². The number of nitrogens with zero attached hydrogens (tertiary/aromatic N) is 2. The first-order valence-electron chi connectivity index (χ1n) is 9.42. The third-order valence-corrected chi connectivity index (χ3v) is 5.53. The van der Waals surface area contributed by atoms with Crippen molar-refractivity contribution in [1.82, 2.24) is 14.5 Å². The molecule has 0 atom stereocenters. The van der Waals surface area contributed by atoms with Crippen LogP contribution in [0.2, 0.25) is 5.02 Å². The lowest BCUT2D eigenvalue weighted by Gasteiger charge is -2.11. The molecule has 5 nitrogen and oxygen atoms in total. The van der Waals surface area contributed by atoms with Crippen LogP contribution in [-0.2, 0) is 0 Å². The predicted molar refractivity (Wildman–Crippen MR) is 121 cm³/mol. The van der Waals surface area contributed by atoms with E-state index < -0.39 is 11.2 Å². The van der Waals surface area contributed by atoms with Crippen molar-refractivity contribution in [3.63, 3.8) is 0 Å². The van der Waals surface area contributed by atoms with Crippen LogP contribution < -0.4 is 11.2 Å². The highest BCUT2D eigenvalue weighted by molar-refractivity contribution is 6.33. The van der Waals surface area contributed by atoms with E-state index >= 15 is 0 Å². The minimum Gasteiger partial charge on any atom is -0.306 e. The Morgan fingerprint density at radius 2 is 1.77 bits per heavy atom. The van der Waals surface area contributed by atoms with Crippen LogP contribution in [-0.4, -0.2) is 14.5 Å². The van der Waals surface area contributed by atoms with E-state index in [1.807, 2.05) is 55.5 Å². The molecule has 6 heteroatoms. The number of halogens is 1. The largest absolute Gasteiger partial charge is 0.333 e. The standard InChI is InChI=1S/C24H16ClN3O2/c1-14-6-8-17(20(25)10-14)15-7-9-19-21(11-15)27-24(30)28(23(19)29)22-13-26-12-16-4-2-3-5-18(16)22/h2-13H,1H3,(H,27,30). The molecule has 0 amide bonds. The summed E-state index contributed by atoms with van der Waals surface area (Å²) in [6, 6.07) is 18.6. The second-order valence-corrected chi connectivity index (χ2v) is 7.60. The fourth-order valence-electron chi connectivity index (χ4n) is 3.74. The lowest BCUT2D eigenvalue weighted by Crippen LogP contribution is -2.33. The highest BCUT2D eigenvalue weighted by Crippen LogP contribution is 2.30. The monoisotopic (exact) mass is 413 g/mol. The summed E-state index contributed by atoms with van der Waals surface area (Å²) in [5, 5.41) is 2.66. The maximum atomic E-state index is 13.2. The number of pyridine rings is 1. The maximum absolute atomic E-state index is 13.2. The molecule has 5 rings (SSSR count). The smallest absolute Gasteiger partial charge is 0.306 e. The zero-order chi connectivity index (χ0) is 20.8. The predicted octanol–water partition coefficient (Wildman–Crippen LogP) is 4.86. The molecule has 0 unspecified atom stereocenters. The number of fused-ring (bicyclic) bond motifs is 2. The Hall–Kier alpha value is -3.70. The fraction of sp³-hybridized carbons (Fsp3) is 0.0417. The first-order chi connectivity index (χ1) is 14.5. The summed E-state index contributed by atoms with van der Waals surface area (Å²) in [6.45, 7) is 1.97. The molecule has 3 aromatic carbocycles. The number of aryl methyl sites for hydroxylation is 1. The number of H-pyrrole nitrogens is 1. The molecule has 0 aliphatic heterocycles. The fourth-order valence-corrected chi connectivity index (χ4v) is 4.08. The lowest BCUT2D eigenvalue weighted by atomic mass is 10.0. The molecular weight excluding hydrogens is 398 g/mol. The van der Waals surface area contributed by atoms with Gasteiger partial charge < -0.3 is 4.98 Å². The third kappa shape index (κ3) is 2.91. The van der Waals surface area contributed by atoms with E-state index in [0.717, 1.165) is 32.0 Å². The molecular formula is C24H16ClN3O2. The van der Waals surface area contributed by atoms with Crippen molar-refractivity contribution in [2.24, 2.45) is 0 Å². The van der Waals surface area contributed by atoms with Crippen molar-refractivity contribution in [3.05, 3.63) is 104 Å². The van der Waals surface area contributed by atoms with Gasteiger partial charge in [0.15, 0.2) is 0 Å². The molecule has 2 aromatic heterocycles. The summed E-state index contributed by atoms with van der Waals surface area (Å²) in [5.41, 5.74) is 2.73. The molecule has 0 fully saturated rings. The summed E-state index contributed by atoms with van der Waals surface area (Å²) < 4.78 is 1.14. The average molecular weight is 414 g/mol. The number of benzene rings is 3. The second-order valence-electron chi connectivity index (χ2n) is 7.19. The molecule has 0 radical (unpaired) electrons. The minimum atomic E-state index is -0.516. The Kier molecular flexibility index (Phi) is 4.26. The summed E-state index contributed by atoms with van der Waals surface area (Å²) in [7, 11) is 0. The van der Waals surface area contributed by atoms with Gasteiger partial charge in [0.2, 0.25) is 0 Å². The van der Waals surface area contributed by atoms with Gasteiger partial charge in [-0.1, -0.05) is 54.1 Å². The zero-order valence-electron chi connectivity index (χ0n) is 16.0. The Bertz CT molecular complexity index is 1560. The Morgan fingerprint density at radius 3 is 2.60 bits per heavy atom. The number of nitrogens with one attached hydrogen (secondary N) is 1. The van der Waals surface area contributed by atoms with E-state index in [1.165, 1.54) is 6.20 Å². The average Bonchev–Trinajstić information content (AvgIpc) is 2.73. The van der Waals surface area contributed by atoms with Gasteiger partial charge in [-0.05, 0) is 36.2 Å². The van der Waals surface area contributed by atoms with Crippen LogP contribution in [0, 0.1) is 6.92 Å². The number of aromatic amines is 1. The summed E-state index contributed by atoms with van der Waals surface area (Å²) >= 11 is 6.39. The van der Waals surface area contributed by atoms with Gasteiger partial charge in [0.05, 0.1) is 22.8 Å². The van der Waals surface area contributed by atoms with Gasteiger partial charge in [0.1, 0.15) is 0 Å². The van der Waals surface area contributed by atoms with E-state index in [-0.39, 0.29) is 0 Å². The van der Waals surface area contributed by atoms with Gasteiger partial charge in [0, 0.05) is 27.6 Å². The molecule has 5 aromatic rings. The number of hydrogen-bond donors (Lipinski definition) is 1. The topological polar surface area (TPSA) is 67.8 Å². The Labute approximate surface area is 176 Å². The molecule has 30 heavy (non-hydrogen) atoms. The highest BCUT2D eigenvalue weighted by Gasteiger charge is 2.14. The van der Waals surface area contributed by atoms with E-state index in [9.17, 15) is 9.59 Å². The second kappa shape index (κ2) is 6.97. The summed E-state index contributed by atoms with van der Waals surface area (Å²) in [5.74, 6) is 0. The quantitative estimate of drug-likeness (QED) is 0.449. The van der Waals surface area contributed by atoms with Gasteiger partial charge >= 0.3 is 5.69 Å². The van der Waals surface area contributed by atoms with Gasteiger partial charge in [0.25, 0.3) is 5.56 Å². The molecule has 146 valence electrons. The van der Waals surface area contributed by atoms with Crippen molar-refractivity contribution >= 4 is 33.3 Å². The maximum Gasteiger partial charge on any atom is 0.333 e. The molecule has 0 saturated heterocycles. The number of hydrogen-bond acceptors (Lipinski definition) is 3. The summed E-state index contributed by atoms with van der Waals surface area (Å²) in [6.07, 6.45) is 3.24. The van der Waals surface area contributed by atoms with Crippen molar-refractivity contribution in [3.8, 4) is 16.8 Å². The van der Waals surface area contributed by atoms with Crippen molar-refractivity contribution in [2.75, 3.05) is 0 Å². The van der Waals surface area contributed by atoms with Crippen molar-refractivity contribution < 1.29 is 0 Å². The van der Waals surface area contributed by atoms with E-state index in [2.05, 4.69) is 9.97 Å². The zero-order valence-corrected chi connectivity index (χ0v) is 16.8. The summed E-state index contributed by atoms with van der Waals surface area (Å²) in [4.78, 5) is 33.2. The number of aromatic nitrogens is 3. The van der Waals surface area contributed by atoms with E-state index in [1.54, 1.807) is 18.3 Å². The van der Waals surface area contributed by atoms with Crippen molar-refractivity contribution in [2.45, 2.75) is 6.92 Å². The van der Waals surface area contributed by atoms with Crippen LogP contribution in [0.4, 0.5) is 0 Å². The molecule has 0 aliphatic carbocycles. The van der Waals surface area contributed by atoms with Crippen LogP contribution in [0.25, 0.3) is 38.5 Å². The first-order valence-corrected chi connectivity index (χ1v) is 9.79. The van der Waals surface area contributed by atoms with Crippen LogP contribution >= 0.6 is 11.6 Å². The van der Waals surface area contributed by atoms with Crippen LogP contribution in [0.15, 0.2) is 82.6 Å². The lowest BCUT2D eigenvalue weighted by molar-refractivity contribution is 0.902. The van der Waals surface area contributed by atoms with Gasteiger partial charge in [-0.15, -0.1) is 0 Å². The van der Waals surface area contributed by atoms with Gasteiger partial charge in [-0.2, -0.15) is 0 Å². The molecule has 0 bridgehead atoms. The Morgan fingerprint density at radius 1 is 0.933 bits per heavy atom. The van der Waals surface area contributed by atoms with Gasteiger partial charge in [-0.3, -0.25) is 9.78 Å². The Balaban J connectivity index is 1.75. The highest BCUT2D eigenvalue weighted by atomic mass is 35.5. The third-order valence-electron chi connectivity index (χ3n) is 5.22. The van der Waals surface area contributed by atoms with Crippen molar-refractivity contribution in [1.29, 1.82) is 0 Å².